The Morgan fingerprint density at radius 2 is 1.50 bits per heavy atom. The fourth-order valence-electron chi connectivity index (χ4n) is 3.37. The van der Waals surface area contributed by atoms with E-state index in [0.717, 1.165) is 0 Å². The Labute approximate surface area is 129 Å². The maximum atomic E-state index is 3.67. The van der Waals surface area contributed by atoms with Crippen LogP contribution in [0.15, 0.2) is 34.8 Å². The molecule has 20 heavy (non-hydrogen) atoms. The van der Waals surface area contributed by atoms with Crippen LogP contribution in [-0.4, -0.2) is 0 Å². The van der Waals surface area contributed by atoms with Gasteiger partial charge in [-0.1, -0.05) is 51.8 Å². The van der Waals surface area contributed by atoms with Crippen molar-refractivity contribution in [1.82, 2.24) is 0 Å². The number of fused-ring (bicyclic) bond motifs is 1. The minimum Gasteiger partial charge on any atom is -0.0720 e. The molecule has 2 aromatic carbocycles. The van der Waals surface area contributed by atoms with Gasteiger partial charge in [0.25, 0.3) is 0 Å². The highest BCUT2D eigenvalue weighted by molar-refractivity contribution is 9.10. The predicted octanol–water partition coefficient (Wildman–Crippen LogP) is 5.84. The molecule has 0 N–H and O–H groups in total. The first-order valence-corrected chi connectivity index (χ1v) is 7.82. The zero-order valence-corrected chi connectivity index (χ0v) is 14.0. The third-order valence-corrected chi connectivity index (χ3v) is 5.07. The fraction of sp³-hybridized carbons (Fsp3) is 0.263. The predicted molar refractivity (Wildman–Crippen MR) is 90.4 cm³/mol. The van der Waals surface area contributed by atoms with Gasteiger partial charge in [0.2, 0.25) is 0 Å². The summed E-state index contributed by atoms with van der Waals surface area (Å²) in [5, 5.41) is 0. The lowest BCUT2D eigenvalue weighted by atomic mass is 9.86. The van der Waals surface area contributed by atoms with Crippen LogP contribution < -0.4 is 0 Å². The van der Waals surface area contributed by atoms with Crippen LogP contribution in [0, 0.1) is 27.7 Å². The van der Waals surface area contributed by atoms with Gasteiger partial charge in [0.1, 0.15) is 0 Å². The van der Waals surface area contributed by atoms with Gasteiger partial charge < -0.3 is 0 Å². The highest BCUT2D eigenvalue weighted by Crippen LogP contribution is 2.40. The van der Waals surface area contributed by atoms with Crippen LogP contribution in [0.2, 0.25) is 0 Å². The highest BCUT2D eigenvalue weighted by atomic mass is 79.9. The van der Waals surface area contributed by atoms with Crippen molar-refractivity contribution in [3.8, 4) is 0 Å². The summed E-state index contributed by atoms with van der Waals surface area (Å²) < 4.78 is 1.20. The molecule has 0 fully saturated rings. The lowest BCUT2D eigenvalue weighted by Gasteiger charge is -2.19. The molecule has 1 aliphatic carbocycles. The molecule has 0 bridgehead atoms. The molecule has 2 aromatic rings. The molecule has 0 radical (unpaired) electrons. The quantitative estimate of drug-likeness (QED) is 0.617. The Kier molecular flexibility index (Phi) is 3.33. The van der Waals surface area contributed by atoms with E-state index >= 15 is 0 Å². The second kappa shape index (κ2) is 4.89. The summed E-state index contributed by atoms with van der Waals surface area (Å²) in [6, 6.07) is 9.14. The van der Waals surface area contributed by atoms with E-state index in [1.54, 1.807) is 0 Å². The summed E-state index contributed by atoms with van der Waals surface area (Å²) in [7, 11) is 0. The fourth-order valence-corrected chi connectivity index (χ4v) is 3.73. The first-order chi connectivity index (χ1) is 9.47. The van der Waals surface area contributed by atoms with Crippen molar-refractivity contribution in [3.05, 3.63) is 73.8 Å². The lowest BCUT2D eigenvalue weighted by Crippen LogP contribution is -2.02. The van der Waals surface area contributed by atoms with Gasteiger partial charge in [0, 0.05) is 10.4 Å². The molecule has 0 aromatic heterocycles. The molecule has 0 amide bonds. The number of hydrogen-bond acceptors (Lipinski definition) is 0. The van der Waals surface area contributed by atoms with Crippen LogP contribution in [0.5, 0.6) is 0 Å². The number of benzene rings is 2. The van der Waals surface area contributed by atoms with Gasteiger partial charge >= 0.3 is 0 Å². The monoisotopic (exact) mass is 326 g/mol. The molecule has 0 aliphatic heterocycles. The molecule has 1 heteroatoms. The third-order valence-electron chi connectivity index (χ3n) is 4.22. The summed E-state index contributed by atoms with van der Waals surface area (Å²) in [5.41, 5.74) is 9.65. The SMILES string of the molecule is Cc1cc(C)c(C2C=Cc3cc(C)c(Br)cc32)c(C)c1. The van der Waals surface area contributed by atoms with Crippen LogP contribution in [0.4, 0.5) is 0 Å². The van der Waals surface area contributed by atoms with E-state index in [-0.39, 0.29) is 0 Å². The van der Waals surface area contributed by atoms with Gasteiger partial charge in [-0.05, 0) is 67.1 Å². The Balaban J connectivity index is 2.17. The van der Waals surface area contributed by atoms with Gasteiger partial charge in [0.15, 0.2) is 0 Å². The average Bonchev–Trinajstić information content (AvgIpc) is 2.72. The molecule has 0 nitrogen and oxygen atoms in total. The molecular weight excluding hydrogens is 308 g/mol. The lowest BCUT2D eigenvalue weighted by molar-refractivity contribution is 1.00. The van der Waals surface area contributed by atoms with Crippen LogP contribution >= 0.6 is 15.9 Å². The third kappa shape index (κ3) is 2.14. The second-order valence-electron chi connectivity index (χ2n) is 5.88. The largest absolute Gasteiger partial charge is 0.0720 e. The molecule has 1 unspecified atom stereocenters. The summed E-state index contributed by atoms with van der Waals surface area (Å²) in [5.74, 6) is 0.391. The Morgan fingerprint density at radius 3 is 2.15 bits per heavy atom. The van der Waals surface area contributed by atoms with Gasteiger partial charge in [-0.2, -0.15) is 0 Å². The smallest absolute Gasteiger partial charge is 0.0284 e. The van der Waals surface area contributed by atoms with Crippen molar-refractivity contribution in [1.29, 1.82) is 0 Å². The van der Waals surface area contributed by atoms with Crippen molar-refractivity contribution in [3.63, 3.8) is 0 Å². The van der Waals surface area contributed by atoms with E-state index in [1.165, 1.54) is 43.4 Å². The van der Waals surface area contributed by atoms with Gasteiger partial charge in [-0.3, -0.25) is 0 Å². The van der Waals surface area contributed by atoms with Crippen LogP contribution in [0.25, 0.3) is 6.08 Å². The molecule has 0 heterocycles. The normalized spacial score (nSPS) is 16.6. The molecule has 1 atom stereocenters. The Bertz CT molecular complexity index is 700. The maximum absolute atomic E-state index is 3.67. The molecule has 3 rings (SSSR count). The second-order valence-corrected chi connectivity index (χ2v) is 6.73. The van der Waals surface area contributed by atoms with Crippen molar-refractivity contribution < 1.29 is 0 Å². The zero-order valence-electron chi connectivity index (χ0n) is 12.4. The first kappa shape index (κ1) is 13.6. The number of aryl methyl sites for hydroxylation is 4. The zero-order chi connectivity index (χ0) is 14.4. The van der Waals surface area contributed by atoms with E-state index < -0.39 is 0 Å². The van der Waals surface area contributed by atoms with E-state index in [9.17, 15) is 0 Å². The molecule has 102 valence electrons. The van der Waals surface area contributed by atoms with E-state index in [4.69, 9.17) is 0 Å². The standard InChI is InChI=1S/C19H19Br/c1-11-7-13(3)19(14(4)8-11)16-6-5-15-9-12(2)18(20)10-17(15)16/h5-10,16H,1-4H3. The maximum Gasteiger partial charge on any atom is 0.0284 e. The Hall–Kier alpha value is -1.34. The molecule has 0 saturated heterocycles. The molecule has 0 spiro atoms. The topological polar surface area (TPSA) is 0 Å². The summed E-state index contributed by atoms with van der Waals surface area (Å²) in [6.07, 6.45) is 4.60. The molecule has 0 saturated carbocycles. The Morgan fingerprint density at radius 1 is 0.850 bits per heavy atom. The summed E-state index contributed by atoms with van der Waals surface area (Å²) in [4.78, 5) is 0. The number of allylic oxidation sites excluding steroid dienone is 1. The number of rotatable bonds is 1. The molecule has 1 aliphatic rings. The highest BCUT2D eigenvalue weighted by Gasteiger charge is 2.23. The molecular formula is C19H19Br. The van der Waals surface area contributed by atoms with Gasteiger partial charge in [-0.25, -0.2) is 0 Å². The van der Waals surface area contributed by atoms with Crippen molar-refractivity contribution >= 4 is 22.0 Å². The average molecular weight is 327 g/mol. The van der Waals surface area contributed by atoms with Gasteiger partial charge in [0.05, 0.1) is 0 Å². The summed E-state index contributed by atoms with van der Waals surface area (Å²) >= 11 is 3.67. The van der Waals surface area contributed by atoms with Crippen molar-refractivity contribution in [2.75, 3.05) is 0 Å². The first-order valence-electron chi connectivity index (χ1n) is 7.03. The van der Waals surface area contributed by atoms with Gasteiger partial charge in [-0.15, -0.1) is 0 Å². The number of halogens is 1. The minimum absolute atomic E-state index is 0.391. The minimum atomic E-state index is 0.391. The van der Waals surface area contributed by atoms with Crippen molar-refractivity contribution in [2.24, 2.45) is 0 Å². The van der Waals surface area contributed by atoms with E-state index in [0.29, 0.717) is 5.92 Å². The van der Waals surface area contributed by atoms with E-state index in [1.807, 2.05) is 0 Å². The van der Waals surface area contributed by atoms with Crippen LogP contribution in [0.3, 0.4) is 0 Å². The van der Waals surface area contributed by atoms with Crippen LogP contribution in [0.1, 0.15) is 44.9 Å². The van der Waals surface area contributed by atoms with E-state index in [2.05, 4.69) is 80.0 Å². The number of hydrogen-bond donors (Lipinski definition) is 0. The van der Waals surface area contributed by atoms with Crippen molar-refractivity contribution in [2.45, 2.75) is 33.6 Å². The summed E-state index contributed by atoms with van der Waals surface area (Å²) in [6.45, 7) is 8.77. The van der Waals surface area contributed by atoms with Crippen LogP contribution in [-0.2, 0) is 0 Å².